The Labute approximate surface area is 208 Å². The standard InChI is InChI=1S/C27H25N5O4/c1-34-22-12-10-20(11-13-22)27-29-25(18-35-27)26(33)28-15-21-17-32(31-30-21)16-19-6-5-9-24(14-19)36-23-7-3-2-4-8-23/h2-14,17,25H,15-16,18H2,1H3,(H,28,33). The van der Waals surface area contributed by atoms with Crippen LogP contribution >= 0.6 is 0 Å². The van der Waals surface area contributed by atoms with Crippen LogP contribution in [0.3, 0.4) is 0 Å². The number of carbonyl (C=O) groups is 1. The lowest BCUT2D eigenvalue weighted by molar-refractivity contribution is -0.122. The van der Waals surface area contributed by atoms with Crippen LogP contribution in [-0.4, -0.2) is 46.6 Å². The van der Waals surface area contributed by atoms with Gasteiger partial charge in [0.1, 0.15) is 29.5 Å². The van der Waals surface area contributed by atoms with E-state index in [4.69, 9.17) is 14.2 Å². The molecular weight excluding hydrogens is 458 g/mol. The molecule has 0 spiro atoms. The molecule has 36 heavy (non-hydrogen) atoms. The molecule has 1 atom stereocenters. The van der Waals surface area contributed by atoms with Gasteiger partial charge in [-0.1, -0.05) is 35.5 Å². The Kier molecular flexibility index (Phi) is 6.88. The van der Waals surface area contributed by atoms with Gasteiger partial charge in [-0.2, -0.15) is 0 Å². The number of methoxy groups -OCH3 is 1. The van der Waals surface area contributed by atoms with Gasteiger partial charge in [-0.15, -0.1) is 5.10 Å². The van der Waals surface area contributed by atoms with Crippen molar-refractivity contribution in [3.8, 4) is 17.2 Å². The van der Waals surface area contributed by atoms with Gasteiger partial charge in [-0.05, 0) is 54.1 Å². The number of carbonyl (C=O) groups excluding carboxylic acids is 1. The van der Waals surface area contributed by atoms with Crippen molar-refractivity contribution in [2.45, 2.75) is 19.1 Å². The first kappa shape index (κ1) is 23.1. The molecule has 2 heterocycles. The number of benzene rings is 3. The minimum absolute atomic E-state index is 0.196. The zero-order valence-corrected chi connectivity index (χ0v) is 19.7. The summed E-state index contributed by atoms with van der Waals surface area (Å²) in [5, 5.41) is 11.2. The van der Waals surface area contributed by atoms with Crippen LogP contribution in [0.4, 0.5) is 0 Å². The summed E-state index contributed by atoms with van der Waals surface area (Å²) in [5.74, 6) is 2.50. The number of ether oxygens (including phenoxy) is 3. The van der Waals surface area contributed by atoms with Gasteiger partial charge in [0.15, 0.2) is 6.04 Å². The molecule has 3 aromatic carbocycles. The van der Waals surface area contributed by atoms with E-state index in [0.717, 1.165) is 28.4 Å². The summed E-state index contributed by atoms with van der Waals surface area (Å²) in [6.07, 6.45) is 1.81. The van der Waals surface area contributed by atoms with Gasteiger partial charge in [0, 0.05) is 5.56 Å². The minimum atomic E-state index is -0.607. The maximum atomic E-state index is 12.6. The number of nitrogens with one attached hydrogen (secondary N) is 1. The summed E-state index contributed by atoms with van der Waals surface area (Å²) in [5.41, 5.74) is 2.47. The average Bonchev–Trinajstić information content (AvgIpc) is 3.58. The van der Waals surface area contributed by atoms with E-state index < -0.39 is 6.04 Å². The topological polar surface area (TPSA) is 99.9 Å². The molecule has 5 rings (SSSR count). The molecule has 1 unspecified atom stereocenters. The number of hydrogen-bond acceptors (Lipinski definition) is 7. The number of rotatable bonds is 9. The van der Waals surface area contributed by atoms with E-state index in [1.807, 2.05) is 85.1 Å². The normalized spacial score (nSPS) is 14.6. The molecule has 0 aliphatic carbocycles. The third-order valence-corrected chi connectivity index (χ3v) is 5.54. The fourth-order valence-corrected chi connectivity index (χ4v) is 3.71. The fraction of sp³-hybridized carbons (Fsp3) is 0.185. The van der Waals surface area contributed by atoms with Gasteiger partial charge in [0.05, 0.1) is 26.4 Å². The molecular formula is C27H25N5O4. The summed E-state index contributed by atoms with van der Waals surface area (Å²) >= 11 is 0. The van der Waals surface area contributed by atoms with Gasteiger partial charge in [0.2, 0.25) is 11.8 Å². The highest BCUT2D eigenvalue weighted by atomic mass is 16.5. The summed E-state index contributed by atoms with van der Waals surface area (Å²) in [7, 11) is 1.61. The van der Waals surface area contributed by atoms with Crippen LogP contribution in [0.15, 0.2) is 90.1 Å². The summed E-state index contributed by atoms with van der Waals surface area (Å²) < 4.78 is 18.4. The second kappa shape index (κ2) is 10.7. The van der Waals surface area contributed by atoms with E-state index in [1.165, 1.54) is 0 Å². The van der Waals surface area contributed by atoms with Crippen LogP contribution in [0.1, 0.15) is 16.8 Å². The van der Waals surface area contributed by atoms with Crippen LogP contribution in [-0.2, 0) is 22.6 Å². The maximum Gasteiger partial charge on any atom is 0.248 e. The molecule has 4 aromatic rings. The second-order valence-corrected chi connectivity index (χ2v) is 8.18. The number of amides is 1. The molecule has 182 valence electrons. The molecule has 0 saturated heterocycles. The number of para-hydroxylation sites is 1. The van der Waals surface area contributed by atoms with Crippen molar-refractivity contribution in [3.05, 3.63) is 102 Å². The van der Waals surface area contributed by atoms with E-state index >= 15 is 0 Å². The maximum absolute atomic E-state index is 12.6. The Bertz CT molecular complexity index is 1350. The lowest BCUT2D eigenvalue weighted by Gasteiger charge is -2.07. The molecule has 0 fully saturated rings. The monoisotopic (exact) mass is 483 g/mol. The van der Waals surface area contributed by atoms with Crippen molar-refractivity contribution in [3.63, 3.8) is 0 Å². The highest BCUT2D eigenvalue weighted by molar-refractivity contribution is 5.98. The molecule has 1 amide bonds. The van der Waals surface area contributed by atoms with Crippen molar-refractivity contribution < 1.29 is 19.0 Å². The van der Waals surface area contributed by atoms with Crippen LogP contribution < -0.4 is 14.8 Å². The first-order chi connectivity index (χ1) is 17.7. The lowest BCUT2D eigenvalue weighted by atomic mass is 10.2. The number of aliphatic imine (C=N–C) groups is 1. The molecule has 1 aliphatic heterocycles. The summed E-state index contributed by atoms with van der Waals surface area (Å²) in [6, 6.07) is 24.2. The van der Waals surface area contributed by atoms with Gasteiger partial charge in [0.25, 0.3) is 0 Å². The van der Waals surface area contributed by atoms with Gasteiger partial charge in [-0.25, -0.2) is 9.67 Å². The molecule has 0 radical (unpaired) electrons. The van der Waals surface area contributed by atoms with Crippen LogP contribution in [0.25, 0.3) is 0 Å². The quantitative estimate of drug-likeness (QED) is 0.391. The number of nitrogens with zero attached hydrogens (tertiary/aromatic N) is 4. The van der Waals surface area contributed by atoms with Crippen LogP contribution in [0.2, 0.25) is 0 Å². The summed E-state index contributed by atoms with van der Waals surface area (Å²) in [6.45, 7) is 0.972. The predicted octanol–water partition coefficient (Wildman–Crippen LogP) is 3.59. The second-order valence-electron chi connectivity index (χ2n) is 8.18. The first-order valence-electron chi connectivity index (χ1n) is 11.5. The third-order valence-electron chi connectivity index (χ3n) is 5.54. The van der Waals surface area contributed by atoms with Crippen LogP contribution in [0.5, 0.6) is 17.2 Å². The largest absolute Gasteiger partial charge is 0.497 e. The number of aromatic nitrogens is 3. The van der Waals surface area contributed by atoms with Gasteiger partial charge < -0.3 is 19.5 Å². The van der Waals surface area contributed by atoms with Crippen molar-refractivity contribution in [2.24, 2.45) is 4.99 Å². The van der Waals surface area contributed by atoms with E-state index in [2.05, 4.69) is 20.6 Å². The Hall–Kier alpha value is -4.66. The van der Waals surface area contributed by atoms with Gasteiger partial charge >= 0.3 is 0 Å². The first-order valence-corrected chi connectivity index (χ1v) is 11.5. The minimum Gasteiger partial charge on any atom is -0.497 e. The Morgan fingerprint density at radius 1 is 1.03 bits per heavy atom. The Morgan fingerprint density at radius 3 is 2.64 bits per heavy atom. The predicted molar refractivity (Wildman–Crippen MR) is 133 cm³/mol. The molecule has 0 saturated carbocycles. The molecule has 9 nitrogen and oxygen atoms in total. The lowest BCUT2D eigenvalue weighted by Crippen LogP contribution is -2.34. The molecule has 9 heteroatoms. The zero-order valence-electron chi connectivity index (χ0n) is 19.7. The van der Waals surface area contributed by atoms with Crippen molar-refractivity contribution >= 4 is 11.8 Å². The fourth-order valence-electron chi connectivity index (χ4n) is 3.71. The zero-order chi connectivity index (χ0) is 24.7. The summed E-state index contributed by atoms with van der Waals surface area (Å²) in [4.78, 5) is 17.0. The Morgan fingerprint density at radius 2 is 1.83 bits per heavy atom. The van der Waals surface area contributed by atoms with E-state index in [-0.39, 0.29) is 19.1 Å². The Balaban J connectivity index is 1.14. The van der Waals surface area contributed by atoms with Crippen molar-refractivity contribution in [2.75, 3.05) is 13.7 Å². The van der Waals surface area contributed by atoms with Gasteiger partial charge in [-0.3, -0.25) is 4.79 Å². The number of hydrogen-bond donors (Lipinski definition) is 1. The van der Waals surface area contributed by atoms with E-state index in [9.17, 15) is 4.79 Å². The molecule has 1 aliphatic rings. The van der Waals surface area contributed by atoms with Crippen LogP contribution in [0, 0.1) is 0 Å². The molecule has 0 bridgehead atoms. The highest BCUT2D eigenvalue weighted by Crippen LogP contribution is 2.22. The molecule has 1 aromatic heterocycles. The average molecular weight is 484 g/mol. The third kappa shape index (κ3) is 5.69. The van der Waals surface area contributed by atoms with Crippen molar-refractivity contribution in [1.82, 2.24) is 20.3 Å². The SMILES string of the molecule is COc1ccc(C2=NC(C(=O)NCc3cn(Cc4cccc(Oc5ccccc5)c4)nn3)CO2)cc1. The van der Waals surface area contributed by atoms with E-state index in [0.29, 0.717) is 18.1 Å². The molecule has 1 N–H and O–H groups in total. The highest BCUT2D eigenvalue weighted by Gasteiger charge is 2.26. The van der Waals surface area contributed by atoms with E-state index in [1.54, 1.807) is 11.8 Å². The smallest absolute Gasteiger partial charge is 0.248 e. The van der Waals surface area contributed by atoms with Crippen molar-refractivity contribution in [1.29, 1.82) is 0 Å².